The van der Waals surface area contributed by atoms with Crippen molar-refractivity contribution in [1.82, 2.24) is 0 Å². The summed E-state index contributed by atoms with van der Waals surface area (Å²) in [4.78, 5) is 0. The lowest BCUT2D eigenvalue weighted by atomic mass is 9.73. The first-order valence-corrected chi connectivity index (χ1v) is 4.54. The minimum Gasteiger partial charge on any atom is -0.0889 e. The van der Waals surface area contributed by atoms with Crippen molar-refractivity contribution in [2.45, 2.75) is 20.3 Å². The molecule has 2 aliphatic rings. The van der Waals surface area contributed by atoms with E-state index in [1.807, 2.05) is 0 Å². The standard InChI is InChI=1S/C10H13Cl/c1-10(2)8-4-3-7(5-8)6-9(10)11/h3-4,6-8H,5H2,1-2H3. The van der Waals surface area contributed by atoms with Gasteiger partial charge in [0.2, 0.25) is 0 Å². The molecule has 0 aromatic rings. The van der Waals surface area contributed by atoms with Crippen LogP contribution in [0.25, 0.3) is 0 Å². The van der Waals surface area contributed by atoms with Crippen LogP contribution >= 0.6 is 11.6 Å². The number of hydrogen-bond acceptors (Lipinski definition) is 0. The Hall–Kier alpha value is -0.230. The summed E-state index contributed by atoms with van der Waals surface area (Å²) in [7, 11) is 0. The Balaban J connectivity index is 2.42. The molecule has 0 amide bonds. The van der Waals surface area contributed by atoms with E-state index in [2.05, 4.69) is 32.1 Å². The van der Waals surface area contributed by atoms with Crippen LogP contribution in [0.5, 0.6) is 0 Å². The Labute approximate surface area is 72.9 Å². The molecule has 0 saturated heterocycles. The molecule has 0 nitrogen and oxygen atoms in total. The van der Waals surface area contributed by atoms with Crippen LogP contribution in [0.1, 0.15) is 20.3 Å². The third kappa shape index (κ3) is 0.961. The van der Waals surface area contributed by atoms with Gasteiger partial charge in [-0.1, -0.05) is 43.7 Å². The van der Waals surface area contributed by atoms with Crippen LogP contribution in [-0.4, -0.2) is 0 Å². The summed E-state index contributed by atoms with van der Waals surface area (Å²) in [6.45, 7) is 4.45. The average Bonchev–Trinajstić information content (AvgIpc) is 2.31. The molecule has 0 heterocycles. The second-order valence-electron chi connectivity index (χ2n) is 4.13. The lowest BCUT2D eigenvalue weighted by Gasteiger charge is -2.34. The molecule has 1 heteroatoms. The lowest BCUT2D eigenvalue weighted by Crippen LogP contribution is -2.25. The van der Waals surface area contributed by atoms with Crippen molar-refractivity contribution in [3.63, 3.8) is 0 Å². The number of halogens is 1. The quantitative estimate of drug-likeness (QED) is 0.487. The molecule has 0 radical (unpaired) electrons. The van der Waals surface area contributed by atoms with Gasteiger partial charge in [0.1, 0.15) is 0 Å². The highest BCUT2D eigenvalue weighted by Crippen LogP contribution is 2.49. The Morgan fingerprint density at radius 1 is 1.45 bits per heavy atom. The molecule has 2 atom stereocenters. The van der Waals surface area contributed by atoms with E-state index in [0.717, 1.165) is 5.03 Å². The minimum atomic E-state index is 0.186. The summed E-state index contributed by atoms with van der Waals surface area (Å²) in [6, 6.07) is 0. The van der Waals surface area contributed by atoms with Gasteiger partial charge < -0.3 is 0 Å². The molecule has 0 fully saturated rings. The molecule has 0 spiro atoms. The second-order valence-corrected chi connectivity index (χ2v) is 4.53. The van der Waals surface area contributed by atoms with Gasteiger partial charge in [-0.2, -0.15) is 0 Å². The highest BCUT2D eigenvalue weighted by atomic mass is 35.5. The molecule has 0 aromatic carbocycles. The van der Waals surface area contributed by atoms with Crippen LogP contribution in [0.3, 0.4) is 0 Å². The summed E-state index contributed by atoms with van der Waals surface area (Å²) >= 11 is 6.16. The Kier molecular flexibility index (Phi) is 1.44. The van der Waals surface area contributed by atoms with E-state index < -0.39 is 0 Å². The van der Waals surface area contributed by atoms with Gasteiger partial charge in [0.15, 0.2) is 0 Å². The first-order chi connectivity index (χ1) is 5.10. The van der Waals surface area contributed by atoms with Crippen molar-refractivity contribution in [3.05, 3.63) is 23.3 Å². The maximum atomic E-state index is 6.16. The fraction of sp³-hybridized carbons (Fsp3) is 0.600. The maximum Gasteiger partial charge on any atom is 0.0209 e. The summed E-state index contributed by atoms with van der Waals surface area (Å²) in [6.07, 6.45) is 8.06. The molecule has 2 bridgehead atoms. The topological polar surface area (TPSA) is 0 Å². The lowest BCUT2D eigenvalue weighted by molar-refractivity contribution is 0.300. The number of fused-ring (bicyclic) bond motifs is 2. The van der Waals surface area contributed by atoms with Crippen LogP contribution in [0.2, 0.25) is 0 Å². The third-order valence-corrected chi connectivity index (χ3v) is 3.63. The highest BCUT2D eigenvalue weighted by molar-refractivity contribution is 6.30. The molecule has 2 aliphatic carbocycles. The fourth-order valence-corrected chi connectivity index (χ4v) is 2.27. The van der Waals surface area contributed by atoms with Gasteiger partial charge >= 0.3 is 0 Å². The van der Waals surface area contributed by atoms with Gasteiger partial charge in [-0.25, -0.2) is 0 Å². The van der Waals surface area contributed by atoms with Gasteiger partial charge in [0.05, 0.1) is 0 Å². The summed E-state index contributed by atoms with van der Waals surface area (Å²) in [5, 5.41) is 1.05. The van der Waals surface area contributed by atoms with Gasteiger partial charge in [-0.3, -0.25) is 0 Å². The van der Waals surface area contributed by atoms with Crippen LogP contribution in [0.15, 0.2) is 23.3 Å². The van der Waals surface area contributed by atoms with Gasteiger partial charge in [-0.05, 0) is 18.3 Å². The predicted molar refractivity (Wildman–Crippen MR) is 48.5 cm³/mol. The van der Waals surface area contributed by atoms with Crippen molar-refractivity contribution in [1.29, 1.82) is 0 Å². The van der Waals surface area contributed by atoms with E-state index >= 15 is 0 Å². The highest BCUT2D eigenvalue weighted by Gasteiger charge is 2.38. The van der Waals surface area contributed by atoms with Gasteiger partial charge in [0.25, 0.3) is 0 Å². The molecule has 60 valence electrons. The molecule has 0 aliphatic heterocycles. The summed E-state index contributed by atoms with van der Waals surface area (Å²) in [5.41, 5.74) is 0.186. The molecule has 2 rings (SSSR count). The van der Waals surface area contributed by atoms with Crippen LogP contribution in [-0.2, 0) is 0 Å². The SMILES string of the molecule is CC1(C)C(Cl)=CC2C=CC1C2. The van der Waals surface area contributed by atoms with E-state index in [9.17, 15) is 0 Å². The smallest absolute Gasteiger partial charge is 0.0209 e. The minimum absolute atomic E-state index is 0.186. The zero-order valence-corrected chi connectivity index (χ0v) is 7.73. The normalized spacial score (nSPS) is 39.0. The van der Waals surface area contributed by atoms with Gasteiger partial charge in [0, 0.05) is 10.4 Å². The Morgan fingerprint density at radius 3 is 2.91 bits per heavy atom. The first kappa shape index (κ1) is 7.42. The predicted octanol–water partition coefficient (Wildman–Crippen LogP) is 3.34. The number of allylic oxidation sites excluding steroid dienone is 4. The molecule has 0 aromatic heterocycles. The summed E-state index contributed by atoms with van der Waals surface area (Å²) < 4.78 is 0. The zero-order valence-electron chi connectivity index (χ0n) is 6.97. The van der Waals surface area contributed by atoms with Crippen molar-refractivity contribution in [2.24, 2.45) is 17.3 Å². The largest absolute Gasteiger partial charge is 0.0889 e. The second kappa shape index (κ2) is 2.13. The van der Waals surface area contributed by atoms with Crippen molar-refractivity contribution < 1.29 is 0 Å². The molecular formula is C10H13Cl. The van der Waals surface area contributed by atoms with E-state index in [0.29, 0.717) is 11.8 Å². The van der Waals surface area contributed by atoms with Crippen LogP contribution < -0.4 is 0 Å². The van der Waals surface area contributed by atoms with Crippen molar-refractivity contribution in [2.75, 3.05) is 0 Å². The Bertz CT molecular complexity index is 235. The van der Waals surface area contributed by atoms with Crippen LogP contribution in [0, 0.1) is 17.3 Å². The number of rotatable bonds is 0. The fourth-order valence-electron chi connectivity index (χ4n) is 1.97. The van der Waals surface area contributed by atoms with E-state index in [1.165, 1.54) is 6.42 Å². The molecular weight excluding hydrogens is 156 g/mol. The average molecular weight is 169 g/mol. The third-order valence-electron chi connectivity index (χ3n) is 3.02. The maximum absolute atomic E-state index is 6.16. The number of hydrogen-bond donors (Lipinski definition) is 0. The summed E-state index contributed by atoms with van der Waals surface area (Å²) in [5.74, 6) is 1.30. The van der Waals surface area contributed by atoms with Gasteiger partial charge in [-0.15, -0.1) is 0 Å². The van der Waals surface area contributed by atoms with E-state index in [-0.39, 0.29) is 5.41 Å². The van der Waals surface area contributed by atoms with Crippen molar-refractivity contribution >= 4 is 11.6 Å². The molecule has 0 saturated carbocycles. The van der Waals surface area contributed by atoms with E-state index in [1.54, 1.807) is 0 Å². The first-order valence-electron chi connectivity index (χ1n) is 4.17. The van der Waals surface area contributed by atoms with Crippen LogP contribution in [0.4, 0.5) is 0 Å². The zero-order chi connectivity index (χ0) is 8.06. The molecule has 11 heavy (non-hydrogen) atoms. The van der Waals surface area contributed by atoms with Crippen molar-refractivity contribution in [3.8, 4) is 0 Å². The molecule has 0 N–H and O–H groups in total. The molecule has 2 unspecified atom stereocenters. The van der Waals surface area contributed by atoms with E-state index in [4.69, 9.17) is 11.6 Å². The Morgan fingerprint density at radius 2 is 2.18 bits per heavy atom. The monoisotopic (exact) mass is 168 g/mol.